The second kappa shape index (κ2) is 9.55. The van der Waals surface area contributed by atoms with E-state index in [9.17, 15) is 8.78 Å². The van der Waals surface area contributed by atoms with Crippen molar-refractivity contribution >= 4 is 0 Å². The highest BCUT2D eigenvalue weighted by Gasteiger charge is 2.24. The summed E-state index contributed by atoms with van der Waals surface area (Å²) >= 11 is 0. The lowest BCUT2D eigenvalue weighted by atomic mass is 9.88. The highest BCUT2D eigenvalue weighted by atomic mass is 19.1. The lowest BCUT2D eigenvalue weighted by Gasteiger charge is -2.23. The summed E-state index contributed by atoms with van der Waals surface area (Å²) in [4.78, 5) is 7.70. The van der Waals surface area contributed by atoms with Crippen molar-refractivity contribution < 1.29 is 13.6 Å². The lowest BCUT2D eigenvalue weighted by molar-refractivity contribution is 0.0735. The number of rotatable bonds is 6. The summed E-state index contributed by atoms with van der Waals surface area (Å²) in [5.74, 6) is -0.824. The van der Waals surface area contributed by atoms with Crippen molar-refractivity contribution in [3.8, 4) is 22.4 Å². The second-order valence-corrected chi connectivity index (χ2v) is 8.34. The number of halogens is 2. The number of piperidine rings is 1. The fraction of sp³-hybridized carbons (Fsp3) is 0.222. The zero-order valence-corrected chi connectivity index (χ0v) is 18.2. The minimum Gasteiger partial charge on any atom is -0.391 e. The molecule has 1 aliphatic heterocycles. The van der Waals surface area contributed by atoms with Crippen LogP contribution in [0.5, 0.6) is 0 Å². The highest BCUT2D eigenvalue weighted by molar-refractivity contribution is 5.73. The van der Waals surface area contributed by atoms with Gasteiger partial charge in [0, 0.05) is 17.2 Å². The van der Waals surface area contributed by atoms with Crippen LogP contribution < -0.4 is 10.2 Å². The van der Waals surface area contributed by atoms with E-state index in [1.54, 1.807) is 4.85 Å². The van der Waals surface area contributed by atoms with Crippen LogP contribution in [-0.2, 0) is 6.61 Å². The van der Waals surface area contributed by atoms with Gasteiger partial charge in [0.15, 0.2) is 0 Å². The first-order chi connectivity index (χ1) is 16.2. The van der Waals surface area contributed by atoms with Crippen LogP contribution in [0.2, 0.25) is 0 Å². The standard InChI is InChI=1S/C27H25F2N3O/c28-24-14-23(15-25(29)16-24)21-7-4-8-22(13-21)27-26(20-9-11-30-12-10-20)17-31-32(27)33-18-19-5-2-1-3-6-19/h1-8,13-17,20,30H,9-12,18H2. The minimum atomic E-state index is -0.595. The molecule has 4 aromatic rings. The zero-order chi connectivity index (χ0) is 22.6. The molecule has 0 amide bonds. The quantitative estimate of drug-likeness (QED) is 0.420. The number of hydrogen-bond donors (Lipinski definition) is 1. The summed E-state index contributed by atoms with van der Waals surface area (Å²) in [5.41, 5.74) is 5.19. The average molecular weight is 446 g/mol. The fourth-order valence-electron chi connectivity index (χ4n) is 4.43. The van der Waals surface area contributed by atoms with E-state index in [-0.39, 0.29) is 0 Å². The molecular formula is C27H25F2N3O. The molecule has 0 atom stereocenters. The Hall–Kier alpha value is -3.51. The predicted molar refractivity (Wildman–Crippen MR) is 125 cm³/mol. The monoisotopic (exact) mass is 445 g/mol. The summed E-state index contributed by atoms with van der Waals surface area (Å²) < 4.78 is 27.7. The van der Waals surface area contributed by atoms with E-state index >= 15 is 0 Å². The average Bonchev–Trinajstić information content (AvgIpc) is 3.27. The van der Waals surface area contributed by atoms with Crippen molar-refractivity contribution in [2.45, 2.75) is 25.4 Å². The van der Waals surface area contributed by atoms with Crippen molar-refractivity contribution in [1.82, 2.24) is 15.3 Å². The summed E-state index contributed by atoms with van der Waals surface area (Å²) in [7, 11) is 0. The summed E-state index contributed by atoms with van der Waals surface area (Å²) in [5, 5.41) is 7.98. The van der Waals surface area contributed by atoms with Crippen LogP contribution in [-0.4, -0.2) is 23.0 Å². The van der Waals surface area contributed by atoms with Crippen LogP contribution in [0.4, 0.5) is 8.78 Å². The van der Waals surface area contributed by atoms with Crippen LogP contribution in [0.15, 0.2) is 79.0 Å². The third kappa shape index (κ3) is 4.81. The first-order valence-corrected chi connectivity index (χ1v) is 11.2. The van der Waals surface area contributed by atoms with Crippen molar-refractivity contribution in [2.75, 3.05) is 13.1 Å². The van der Waals surface area contributed by atoms with Gasteiger partial charge in [0.25, 0.3) is 0 Å². The Kier molecular flexibility index (Phi) is 6.17. The minimum absolute atomic E-state index is 0.366. The maximum absolute atomic E-state index is 13.8. The SMILES string of the molecule is Fc1cc(F)cc(-c2cccc(-c3c(C4CCNCC4)cnn3OCc3ccccc3)c2)c1. The van der Waals surface area contributed by atoms with Crippen LogP contribution in [0.1, 0.15) is 29.9 Å². The first-order valence-electron chi connectivity index (χ1n) is 11.2. The van der Waals surface area contributed by atoms with E-state index in [1.807, 2.05) is 60.8 Å². The molecule has 1 aliphatic rings. The number of hydrogen-bond acceptors (Lipinski definition) is 3. The molecule has 0 unspecified atom stereocenters. The van der Waals surface area contributed by atoms with Crippen molar-refractivity contribution in [2.24, 2.45) is 0 Å². The Morgan fingerprint density at radius 3 is 2.33 bits per heavy atom. The summed E-state index contributed by atoms with van der Waals surface area (Å²) in [6.07, 6.45) is 3.93. The predicted octanol–water partition coefficient (Wildman–Crippen LogP) is 5.59. The van der Waals surface area contributed by atoms with E-state index in [0.29, 0.717) is 18.1 Å². The molecule has 2 heterocycles. The number of benzene rings is 3. The molecular weight excluding hydrogens is 420 g/mol. The Labute approximate surface area is 191 Å². The van der Waals surface area contributed by atoms with E-state index < -0.39 is 11.6 Å². The van der Waals surface area contributed by atoms with Gasteiger partial charge < -0.3 is 10.2 Å². The van der Waals surface area contributed by atoms with Gasteiger partial charge in [-0.05, 0) is 66.7 Å². The van der Waals surface area contributed by atoms with E-state index in [1.165, 1.54) is 12.1 Å². The molecule has 1 saturated heterocycles. The van der Waals surface area contributed by atoms with E-state index in [0.717, 1.165) is 59.9 Å². The highest BCUT2D eigenvalue weighted by Crippen LogP contribution is 2.35. The van der Waals surface area contributed by atoms with Gasteiger partial charge >= 0.3 is 0 Å². The van der Waals surface area contributed by atoms with Gasteiger partial charge in [-0.1, -0.05) is 53.4 Å². The van der Waals surface area contributed by atoms with Gasteiger partial charge in [0.05, 0.1) is 6.20 Å². The molecule has 5 rings (SSSR count). The largest absolute Gasteiger partial charge is 0.391 e. The van der Waals surface area contributed by atoms with Gasteiger partial charge in [-0.3, -0.25) is 0 Å². The maximum atomic E-state index is 13.8. The smallest absolute Gasteiger partial charge is 0.142 e. The van der Waals surface area contributed by atoms with Crippen molar-refractivity contribution in [3.63, 3.8) is 0 Å². The van der Waals surface area contributed by atoms with Crippen LogP contribution in [0.3, 0.4) is 0 Å². The van der Waals surface area contributed by atoms with Gasteiger partial charge in [-0.15, -0.1) is 5.10 Å². The molecule has 3 aromatic carbocycles. The van der Waals surface area contributed by atoms with Gasteiger partial charge in [-0.25, -0.2) is 8.78 Å². The second-order valence-electron chi connectivity index (χ2n) is 8.34. The number of aromatic nitrogens is 2. The molecule has 1 N–H and O–H groups in total. The van der Waals surface area contributed by atoms with Crippen molar-refractivity contribution in [3.05, 3.63) is 102 Å². The van der Waals surface area contributed by atoms with E-state index in [2.05, 4.69) is 10.4 Å². The topological polar surface area (TPSA) is 39.1 Å². The molecule has 1 fully saturated rings. The Balaban J connectivity index is 1.54. The normalized spacial score (nSPS) is 14.4. The molecule has 0 aliphatic carbocycles. The van der Waals surface area contributed by atoms with Crippen LogP contribution in [0, 0.1) is 11.6 Å². The molecule has 1 aromatic heterocycles. The van der Waals surface area contributed by atoms with Gasteiger partial charge in [0.1, 0.15) is 23.9 Å². The molecule has 0 bridgehead atoms. The molecule has 168 valence electrons. The Morgan fingerprint density at radius 1 is 0.848 bits per heavy atom. The third-order valence-corrected chi connectivity index (χ3v) is 6.07. The zero-order valence-electron chi connectivity index (χ0n) is 18.2. The van der Waals surface area contributed by atoms with Crippen LogP contribution >= 0.6 is 0 Å². The van der Waals surface area contributed by atoms with Crippen molar-refractivity contribution in [1.29, 1.82) is 0 Å². The third-order valence-electron chi connectivity index (χ3n) is 6.07. The lowest BCUT2D eigenvalue weighted by Crippen LogP contribution is -2.26. The Morgan fingerprint density at radius 2 is 1.58 bits per heavy atom. The molecule has 0 spiro atoms. The van der Waals surface area contributed by atoms with Gasteiger partial charge in [-0.2, -0.15) is 0 Å². The summed E-state index contributed by atoms with van der Waals surface area (Å²) in [6, 6.07) is 21.2. The Bertz CT molecular complexity index is 1210. The molecule has 33 heavy (non-hydrogen) atoms. The van der Waals surface area contributed by atoms with Crippen LogP contribution in [0.25, 0.3) is 22.4 Å². The molecule has 4 nitrogen and oxygen atoms in total. The van der Waals surface area contributed by atoms with Gasteiger partial charge in [0.2, 0.25) is 0 Å². The molecule has 0 radical (unpaired) electrons. The fourth-order valence-corrected chi connectivity index (χ4v) is 4.43. The molecule has 0 saturated carbocycles. The molecule has 6 heteroatoms. The maximum Gasteiger partial charge on any atom is 0.142 e. The summed E-state index contributed by atoms with van der Waals surface area (Å²) in [6.45, 7) is 2.31. The number of nitrogens with one attached hydrogen (secondary N) is 1. The van der Waals surface area contributed by atoms with E-state index in [4.69, 9.17) is 4.84 Å². The number of nitrogens with zero attached hydrogens (tertiary/aromatic N) is 2. The first kappa shape index (κ1) is 21.3.